The Hall–Kier alpha value is -2.00. The second kappa shape index (κ2) is 6.56. The number of aliphatic carboxylic acids is 1. The van der Waals surface area contributed by atoms with E-state index in [1.54, 1.807) is 12.1 Å². The van der Waals surface area contributed by atoms with Gasteiger partial charge in [-0.25, -0.2) is 4.79 Å². The Morgan fingerprint density at radius 2 is 1.78 bits per heavy atom. The second-order valence-electron chi connectivity index (χ2n) is 8.34. The van der Waals surface area contributed by atoms with E-state index in [1.807, 2.05) is 12.1 Å². The fourth-order valence-corrected chi connectivity index (χ4v) is 5.61. The van der Waals surface area contributed by atoms with Gasteiger partial charge in [-0.15, -0.1) is 0 Å². The fraction of sp³-hybridized carbons (Fsp3) is 0.435. The van der Waals surface area contributed by atoms with Gasteiger partial charge in [0.2, 0.25) is 0 Å². The van der Waals surface area contributed by atoms with Crippen LogP contribution in [0.5, 0.6) is 0 Å². The van der Waals surface area contributed by atoms with Crippen LogP contribution in [-0.4, -0.2) is 16.6 Å². The van der Waals surface area contributed by atoms with Gasteiger partial charge in [-0.2, -0.15) is 0 Å². The molecule has 0 amide bonds. The highest BCUT2D eigenvalue weighted by molar-refractivity contribution is 6.30. The molecule has 2 aliphatic rings. The van der Waals surface area contributed by atoms with Gasteiger partial charge in [-0.1, -0.05) is 55.8 Å². The van der Waals surface area contributed by atoms with E-state index in [-0.39, 0.29) is 5.41 Å². The van der Waals surface area contributed by atoms with Crippen LogP contribution in [0.15, 0.2) is 48.5 Å². The van der Waals surface area contributed by atoms with Crippen LogP contribution in [0.2, 0.25) is 5.02 Å². The first kappa shape index (κ1) is 18.4. The van der Waals surface area contributed by atoms with Gasteiger partial charge >= 0.3 is 5.97 Å². The lowest BCUT2D eigenvalue weighted by Gasteiger charge is -2.46. The number of hydrogen-bond donors (Lipinski definition) is 2. The van der Waals surface area contributed by atoms with Crippen molar-refractivity contribution in [3.8, 4) is 0 Å². The van der Waals surface area contributed by atoms with Crippen molar-refractivity contribution in [2.75, 3.05) is 5.32 Å². The van der Waals surface area contributed by atoms with Crippen molar-refractivity contribution in [2.24, 2.45) is 5.92 Å². The van der Waals surface area contributed by atoms with Gasteiger partial charge in [0, 0.05) is 10.7 Å². The molecule has 1 spiro atoms. The Morgan fingerprint density at radius 3 is 2.44 bits per heavy atom. The first-order valence-corrected chi connectivity index (χ1v) is 10.1. The summed E-state index contributed by atoms with van der Waals surface area (Å²) in [6.07, 6.45) is 2.99. The van der Waals surface area contributed by atoms with Crippen molar-refractivity contribution in [1.29, 1.82) is 0 Å². The highest BCUT2D eigenvalue weighted by Crippen LogP contribution is 2.58. The predicted molar refractivity (Wildman–Crippen MR) is 110 cm³/mol. The van der Waals surface area contributed by atoms with Gasteiger partial charge in [0.1, 0.15) is 5.54 Å². The standard InChI is InChI=1S/C23H26ClNO2/c1-15-16(2)22(20-9-4-3-8-19(15)20)10-12-23(13-11-22,21(26)27)25-18-7-5-6-17(24)14-18/h3-9,14-16,25H,10-13H2,1-2H3,(H,26,27)/t15-,16+,22?,23?/m0/s1. The smallest absolute Gasteiger partial charge is 0.329 e. The van der Waals surface area contributed by atoms with Crippen molar-refractivity contribution < 1.29 is 9.90 Å². The molecule has 4 rings (SSSR count). The van der Waals surface area contributed by atoms with E-state index in [0.717, 1.165) is 18.5 Å². The molecular formula is C23H26ClNO2. The van der Waals surface area contributed by atoms with Crippen molar-refractivity contribution >= 4 is 23.3 Å². The van der Waals surface area contributed by atoms with Gasteiger partial charge in [-0.05, 0) is 72.3 Å². The normalized spacial score (nSPS) is 32.3. The number of carboxylic acid groups (broad SMARTS) is 1. The van der Waals surface area contributed by atoms with E-state index in [2.05, 4.69) is 43.4 Å². The average molecular weight is 384 g/mol. The molecule has 1 fully saturated rings. The summed E-state index contributed by atoms with van der Waals surface area (Å²) >= 11 is 6.09. The van der Waals surface area contributed by atoms with Crippen molar-refractivity contribution in [3.05, 3.63) is 64.7 Å². The second-order valence-corrected chi connectivity index (χ2v) is 8.78. The van der Waals surface area contributed by atoms with Crippen LogP contribution >= 0.6 is 11.6 Å². The zero-order chi connectivity index (χ0) is 19.2. The van der Waals surface area contributed by atoms with Crippen LogP contribution in [0.25, 0.3) is 0 Å². The van der Waals surface area contributed by atoms with E-state index in [0.29, 0.717) is 29.7 Å². The zero-order valence-corrected chi connectivity index (χ0v) is 16.6. The number of carbonyl (C=O) groups is 1. The van der Waals surface area contributed by atoms with Gasteiger partial charge in [-0.3, -0.25) is 0 Å². The molecule has 0 aromatic heterocycles. The Kier molecular flexibility index (Phi) is 4.46. The average Bonchev–Trinajstić information content (AvgIpc) is 2.86. The Bertz CT molecular complexity index is 870. The zero-order valence-electron chi connectivity index (χ0n) is 15.8. The molecule has 4 heteroatoms. The van der Waals surface area contributed by atoms with Crippen LogP contribution in [0.4, 0.5) is 5.69 Å². The molecule has 0 aliphatic heterocycles. The predicted octanol–water partition coefficient (Wildman–Crippen LogP) is 5.84. The van der Waals surface area contributed by atoms with Crippen LogP contribution in [0.1, 0.15) is 56.6 Å². The number of benzene rings is 2. The van der Waals surface area contributed by atoms with E-state index < -0.39 is 11.5 Å². The molecule has 142 valence electrons. The third-order valence-corrected chi connectivity index (χ3v) is 7.46. The highest BCUT2D eigenvalue weighted by atomic mass is 35.5. The summed E-state index contributed by atoms with van der Waals surface area (Å²) in [4.78, 5) is 12.3. The maximum atomic E-state index is 12.3. The molecule has 2 atom stereocenters. The maximum Gasteiger partial charge on any atom is 0.329 e. The lowest BCUT2D eigenvalue weighted by Crippen LogP contribution is -2.52. The topological polar surface area (TPSA) is 49.3 Å². The first-order chi connectivity index (χ1) is 12.9. The highest BCUT2D eigenvalue weighted by Gasteiger charge is 2.54. The van der Waals surface area contributed by atoms with Crippen LogP contribution in [0, 0.1) is 5.92 Å². The molecular weight excluding hydrogens is 358 g/mol. The molecule has 3 nitrogen and oxygen atoms in total. The van der Waals surface area contributed by atoms with Gasteiger partial charge in [0.15, 0.2) is 0 Å². The maximum absolute atomic E-state index is 12.3. The third kappa shape index (κ3) is 2.84. The molecule has 2 aromatic carbocycles. The number of halogens is 1. The number of carboxylic acids is 1. The summed E-state index contributed by atoms with van der Waals surface area (Å²) in [5, 5.41) is 14.0. The van der Waals surface area contributed by atoms with Gasteiger partial charge in [0.25, 0.3) is 0 Å². The van der Waals surface area contributed by atoms with Crippen molar-refractivity contribution in [3.63, 3.8) is 0 Å². The molecule has 0 heterocycles. The summed E-state index contributed by atoms with van der Waals surface area (Å²) < 4.78 is 0. The summed E-state index contributed by atoms with van der Waals surface area (Å²) in [6, 6.07) is 16.1. The quantitative estimate of drug-likeness (QED) is 0.699. The lowest BCUT2D eigenvalue weighted by atomic mass is 9.60. The van der Waals surface area contributed by atoms with Crippen molar-refractivity contribution in [2.45, 2.75) is 56.4 Å². The summed E-state index contributed by atoms with van der Waals surface area (Å²) in [5.74, 6) is 0.261. The van der Waals surface area contributed by atoms with Crippen molar-refractivity contribution in [1.82, 2.24) is 0 Å². The molecule has 0 unspecified atom stereocenters. The molecule has 0 bridgehead atoms. The monoisotopic (exact) mass is 383 g/mol. The minimum absolute atomic E-state index is 0.0883. The molecule has 2 aliphatic carbocycles. The Morgan fingerprint density at radius 1 is 1.07 bits per heavy atom. The molecule has 2 aromatic rings. The van der Waals surface area contributed by atoms with E-state index in [9.17, 15) is 9.90 Å². The molecule has 1 saturated carbocycles. The minimum atomic E-state index is -0.934. The lowest BCUT2D eigenvalue weighted by molar-refractivity contribution is -0.144. The fourth-order valence-electron chi connectivity index (χ4n) is 5.42. The number of hydrogen-bond acceptors (Lipinski definition) is 2. The SMILES string of the molecule is C[C@@H]1c2ccccc2C2(CCC(Nc3cccc(Cl)c3)(C(=O)O)CC2)[C@@H]1C. The number of fused-ring (bicyclic) bond motifs is 2. The third-order valence-electron chi connectivity index (χ3n) is 7.22. The van der Waals surface area contributed by atoms with Crippen LogP contribution in [0.3, 0.4) is 0 Å². The van der Waals surface area contributed by atoms with E-state index in [4.69, 9.17) is 11.6 Å². The van der Waals surface area contributed by atoms with Gasteiger partial charge in [0.05, 0.1) is 0 Å². The number of rotatable bonds is 3. The van der Waals surface area contributed by atoms with Crippen LogP contribution < -0.4 is 5.32 Å². The van der Waals surface area contributed by atoms with Gasteiger partial charge < -0.3 is 10.4 Å². The van der Waals surface area contributed by atoms with E-state index >= 15 is 0 Å². The minimum Gasteiger partial charge on any atom is -0.480 e. The molecule has 2 N–H and O–H groups in total. The van der Waals surface area contributed by atoms with E-state index in [1.165, 1.54) is 11.1 Å². The largest absolute Gasteiger partial charge is 0.480 e. The Labute approximate surface area is 165 Å². The molecule has 27 heavy (non-hydrogen) atoms. The van der Waals surface area contributed by atoms with Crippen LogP contribution in [-0.2, 0) is 10.2 Å². The molecule has 0 saturated heterocycles. The summed E-state index contributed by atoms with van der Waals surface area (Å²) in [5.41, 5.74) is 2.80. The first-order valence-electron chi connectivity index (χ1n) is 9.75. The number of anilines is 1. The Balaban J connectivity index is 1.64. The summed E-state index contributed by atoms with van der Waals surface area (Å²) in [6.45, 7) is 4.64. The number of nitrogens with one attached hydrogen (secondary N) is 1. The summed E-state index contributed by atoms with van der Waals surface area (Å²) in [7, 11) is 0. The molecule has 0 radical (unpaired) electrons.